The van der Waals surface area contributed by atoms with Gasteiger partial charge in [-0.05, 0) is 42.8 Å². The smallest absolute Gasteiger partial charge is 0.338 e. The highest BCUT2D eigenvalue weighted by Crippen LogP contribution is 2.35. The fourth-order valence-corrected chi connectivity index (χ4v) is 5.13. The predicted molar refractivity (Wildman–Crippen MR) is 160 cm³/mol. The molecule has 0 spiro atoms. The third-order valence-corrected chi connectivity index (χ3v) is 7.35. The van der Waals surface area contributed by atoms with E-state index >= 15 is 0 Å². The maximum atomic E-state index is 13.2. The van der Waals surface area contributed by atoms with Gasteiger partial charge in [0.2, 0.25) is 0 Å². The van der Waals surface area contributed by atoms with Crippen molar-refractivity contribution in [1.29, 1.82) is 0 Å². The Labute approximate surface area is 252 Å². The number of rotatable bonds is 8. The molecule has 1 N–H and O–H groups in total. The van der Waals surface area contributed by atoms with Gasteiger partial charge in [-0.25, -0.2) is 24.2 Å². The SMILES string of the molecule is CC[C@H]1O[C@@H](n2ncc3c(NC(=O)c4ccccc4)ncnc32)[C@@H](OC(=O)c2ccccc2)CC1OC(=O)c1ccccc1. The van der Waals surface area contributed by atoms with Crippen molar-refractivity contribution in [1.82, 2.24) is 19.7 Å². The molecule has 0 bridgehead atoms. The quantitative estimate of drug-likeness (QED) is 0.241. The first-order valence-corrected chi connectivity index (χ1v) is 14.2. The first-order chi connectivity index (χ1) is 21.5. The lowest BCUT2D eigenvalue weighted by atomic mass is 9.99. The molecule has 0 radical (unpaired) electrons. The Morgan fingerprint density at radius 2 is 1.39 bits per heavy atom. The van der Waals surface area contributed by atoms with Crippen LogP contribution in [0.1, 0.15) is 57.1 Å². The number of aromatic nitrogens is 4. The second kappa shape index (κ2) is 12.8. The van der Waals surface area contributed by atoms with Gasteiger partial charge in [-0.15, -0.1) is 0 Å². The molecular weight excluding hydrogens is 562 g/mol. The predicted octanol–water partition coefficient (Wildman–Crippen LogP) is 5.23. The van der Waals surface area contributed by atoms with Crippen LogP contribution in [-0.2, 0) is 14.2 Å². The lowest BCUT2D eigenvalue weighted by Gasteiger charge is -2.40. The highest BCUT2D eigenvalue weighted by molar-refractivity contribution is 6.07. The van der Waals surface area contributed by atoms with Gasteiger partial charge in [0.1, 0.15) is 18.2 Å². The Hall–Kier alpha value is -5.42. The van der Waals surface area contributed by atoms with E-state index in [2.05, 4.69) is 20.4 Å². The monoisotopic (exact) mass is 591 g/mol. The summed E-state index contributed by atoms with van der Waals surface area (Å²) in [5.74, 6) is -1.13. The van der Waals surface area contributed by atoms with Gasteiger partial charge in [0.05, 0.1) is 28.8 Å². The normalized spacial score (nSPS) is 19.7. The van der Waals surface area contributed by atoms with Gasteiger partial charge in [0.15, 0.2) is 18.0 Å². The maximum absolute atomic E-state index is 13.2. The average Bonchev–Trinajstić information content (AvgIpc) is 3.51. The van der Waals surface area contributed by atoms with Gasteiger partial charge >= 0.3 is 11.9 Å². The number of ether oxygens (including phenoxy) is 3. The Kier molecular flexibility index (Phi) is 8.37. The van der Waals surface area contributed by atoms with E-state index in [1.807, 2.05) is 19.1 Å². The number of hydrogen-bond acceptors (Lipinski definition) is 9. The lowest BCUT2D eigenvalue weighted by molar-refractivity contribution is -0.201. The van der Waals surface area contributed by atoms with E-state index in [9.17, 15) is 14.4 Å². The fraction of sp³-hybridized carbons (Fsp3) is 0.212. The zero-order chi connectivity index (χ0) is 30.5. The summed E-state index contributed by atoms with van der Waals surface area (Å²) in [7, 11) is 0. The van der Waals surface area contributed by atoms with Crippen LogP contribution >= 0.6 is 0 Å². The largest absolute Gasteiger partial charge is 0.456 e. The van der Waals surface area contributed by atoms with Gasteiger partial charge in [0.25, 0.3) is 5.91 Å². The second-order valence-corrected chi connectivity index (χ2v) is 10.2. The first-order valence-electron chi connectivity index (χ1n) is 14.2. The molecule has 11 heteroatoms. The summed E-state index contributed by atoms with van der Waals surface area (Å²) in [4.78, 5) is 47.7. The van der Waals surface area contributed by atoms with Gasteiger partial charge in [-0.2, -0.15) is 5.10 Å². The van der Waals surface area contributed by atoms with E-state index < -0.39 is 36.5 Å². The lowest BCUT2D eigenvalue weighted by Crippen LogP contribution is -2.48. The molecule has 222 valence electrons. The number of nitrogens with zero attached hydrogens (tertiary/aromatic N) is 4. The van der Waals surface area contributed by atoms with E-state index in [0.29, 0.717) is 34.1 Å². The molecule has 1 fully saturated rings. The first kappa shape index (κ1) is 28.7. The molecule has 5 aromatic rings. The van der Waals surface area contributed by atoms with Crippen LogP contribution in [0, 0.1) is 0 Å². The van der Waals surface area contributed by atoms with Crippen molar-refractivity contribution in [2.75, 3.05) is 5.32 Å². The molecule has 1 amide bonds. The molecule has 1 unspecified atom stereocenters. The molecule has 6 rings (SSSR count). The van der Waals surface area contributed by atoms with Crippen molar-refractivity contribution in [2.24, 2.45) is 0 Å². The van der Waals surface area contributed by atoms with Crippen LogP contribution < -0.4 is 5.32 Å². The summed E-state index contributed by atoms with van der Waals surface area (Å²) < 4.78 is 19.9. The number of carbonyl (C=O) groups is 3. The summed E-state index contributed by atoms with van der Waals surface area (Å²) in [6.45, 7) is 1.92. The number of anilines is 1. The van der Waals surface area contributed by atoms with Crippen molar-refractivity contribution in [3.05, 3.63) is 120 Å². The molecule has 3 aromatic carbocycles. The molecular formula is C33H29N5O6. The fourth-order valence-electron chi connectivity index (χ4n) is 5.13. The van der Waals surface area contributed by atoms with Gasteiger partial charge in [-0.3, -0.25) is 4.79 Å². The van der Waals surface area contributed by atoms with E-state index in [0.717, 1.165) is 0 Å². The van der Waals surface area contributed by atoms with Gasteiger partial charge < -0.3 is 19.5 Å². The zero-order valence-corrected chi connectivity index (χ0v) is 23.8. The standard InChI is InChI=1S/C33H29N5O6/c1-2-25-26(43-32(40)22-14-8-4-9-15-22)18-27(44-33(41)23-16-10-5-11-17-23)31(42-25)38-29-24(19-36-38)28(34-20-35-29)37-30(39)21-12-6-3-7-13-21/h3-17,19-20,25-27,31H,2,18H2,1H3,(H,34,35,37,39)/t25-,26?,27+,31-/m1/s1. The maximum Gasteiger partial charge on any atom is 0.338 e. The van der Waals surface area contributed by atoms with Crippen LogP contribution in [0.5, 0.6) is 0 Å². The van der Waals surface area contributed by atoms with E-state index in [-0.39, 0.29) is 18.1 Å². The van der Waals surface area contributed by atoms with E-state index in [1.165, 1.54) is 17.2 Å². The number of amides is 1. The van der Waals surface area contributed by atoms with Crippen LogP contribution in [0.4, 0.5) is 5.82 Å². The number of carbonyl (C=O) groups excluding carboxylic acids is 3. The average molecular weight is 592 g/mol. The van der Waals surface area contributed by atoms with Gasteiger partial charge in [0, 0.05) is 12.0 Å². The molecule has 11 nitrogen and oxygen atoms in total. The van der Waals surface area contributed by atoms with Crippen LogP contribution in [0.25, 0.3) is 11.0 Å². The third-order valence-electron chi connectivity index (χ3n) is 7.35. The van der Waals surface area contributed by atoms with Crippen molar-refractivity contribution in [3.8, 4) is 0 Å². The molecule has 44 heavy (non-hydrogen) atoms. The minimum atomic E-state index is -0.913. The molecule has 0 aliphatic carbocycles. The Morgan fingerprint density at radius 3 is 1.98 bits per heavy atom. The summed E-state index contributed by atoms with van der Waals surface area (Å²) in [6.07, 6.45) is 0.463. The number of benzene rings is 3. The highest BCUT2D eigenvalue weighted by atomic mass is 16.6. The summed E-state index contributed by atoms with van der Waals surface area (Å²) in [5, 5.41) is 7.82. The highest BCUT2D eigenvalue weighted by Gasteiger charge is 2.43. The van der Waals surface area contributed by atoms with E-state index in [4.69, 9.17) is 14.2 Å². The molecule has 1 aliphatic rings. The van der Waals surface area contributed by atoms with E-state index in [1.54, 1.807) is 78.9 Å². The third kappa shape index (κ3) is 6.04. The number of nitrogens with one attached hydrogen (secondary N) is 1. The van der Waals surface area contributed by atoms with Crippen molar-refractivity contribution >= 4 is 34.7 Å². The molecule has 4 atom stereocenters. The zero-order valence-electron chi connectivity index (χ0n) is 23.8. The van der Waals surface area contributed by atoms with Crippen LogP contribution in [0.15, 0.2) is 104 Å². The number of fused-ring (bicyclic) bond motifs is 1. The minimum absolute atomic E-state index is 0.157. The minimum Gasteiger partial charge on any atom is -0.456 e. The Balaban J connectivity index is 1.31. The summed E-state index contributed by atoms with van der Waals surface area (Å²) in [6, 6.07) is 26.0. The molecule has 1 saturated heterocycles. The van der Waals surface area contributed by atoms with Crippen LogP contribution in [0.2, 0.25) is 0 Å². The van der Waals surface area contributed by atoms with Crippen molar-refractivity contribution in [3.63, 3.8) is 0 Å². The van der Waals surface area contributed by atoms with Crippen LogP contribution in [-0.4, -0.2) is 55.9 Å². The number of hydrogen-bond donors (Lipinski definition) is 1. The Morgan fingerprint density at radius 1 is 0.818 bits per heavy atom. The second-order valence-electron chi connectivity index (χ2n) is 10.2. The molecule has 3 heterocycles. The molecule has 0 saturated carbocycles. The van der Waals surface area contributed by atoms with Crippen molar-refractivity contribution in [2.45, 2.75) is 44.3 Å². The topological polar surface area (TPSA) is 135 Å². The molecule has 2 aromatic heterocycles. The van der Waals surface area contributed by atoms with Crippen LogP contribution in [0.3, 0.4) is 0 Å². The van der Waals surface area contributed by atoms with Crippen molar-refractivity contribution < 1.29 is 28.6 Å². The summed E-state index contributed by atoms with van der Waals surface area (Å²) in [5.41, 5.74) is 1.60. The van der Waals surface area contributed by atoms with Gasteiger partial charge in [-0.1, -0.05) is 61.5 Å². The number of esters is 2. The summed E-state index contributed by atoms with van der Waals surface area (Å²) >= 11 is 0. The Bertz CT molecular complexity index is 1760. The molecule has 1 aliphatic heterocycles.